The van der Waals surface area contributed by atoms with E-state index in [9.17, 15) is 9.59 Å². The average Bonchev–Trinajstić information content (AvgIpc) is 2.99. The predicted molar refractivity (Wildman–Crippen MR) is 108 cm³/mol. The lowest BCUT2D eigenvalue weighted by Gasteiger charge is -2.32. The van der Waals surface area contributed by atoms with Crippen molar-refractivity contribution in [1.29, 1.82) is 0 Å². The maximum Gasteiger partial charge on any atom is 0.318 e. The van der Waals surface area contributed by atoms with E-state index in [1.165, 1.54) is 0 Å². The topological polar surface area (TPSA) is 100 Å². The van der Waals surface area contributed by atoms with Crippen molar-refractivity contribution in [3.63, 3.8) is 0 Å². The van der Waals surface area contributed by atoms with Gasteiger partial charge < -0.3 is 19.7 Å². The van der Waals surface area contributed by atoms with Crippen molar-refractivity contribution < 1.29 is 24.3 Å². The molecule has 0 aliphatic carbocycles. The Bertz CT molecular complexity index is 899. The molecule has 2 aliphatic rings. The first kappa shape index (κ1) is 20.2. The fraction of sp³-hybridized carbons (Fsp3) is 0.364. The Morgan fingerprint density at radius 3 is 2.57 bits per heavy atom. The minimum absolute atomic E-state index is 0.0851. The summed E-state index contributed by atoms with van der Waals surface area (Å²) in [4.78, 5) is 26.8. The first-order valence-corrected chi connectivity index (χ1v) is 10.1. The van der Waals surface area contributed by atoms with Gasteiger partial charge in [0.15, 0.2) is 0 Å². The predicted octanol–water partition coefficient (Wildman–Crippen LogP) is 2.63. The summed E-state index contributed by atoms with van der Waals surface area (Å²) in [7, 11) is 0. The number of carbonyl (C=O) groups excluding carboxylic acids is 2. The molecule has 3 amide bonds. The molecule has 1 fully saturated rings. The number of amides is 3. The fourth-order valence-corrected chi connectivity index (χ4v) is 3.84. The Kier molecular flexibility index (Phi) is 6.15. The van der Waals surface area contributed by atoms with Crippen LogP contribution in [0.5, 0.6) is 5.75 Å². The number of nitrogens with one attached hydrogen (secondary N) is 2. The van der Waals surface area contributed by atoms with Gasteiger partial charge in [-0.05, 0) is 30.5 Å². The molecule has 2 aromatic rings. The highest BCUT2D eigenvalue weighted by atomic mass is 16.5. The van der Waals surface area contributed by atoms with Gasteiger partial charge >= 0.3 is 6.03 Å². The van der Waals surface area contributed by atoms with Crippen LogP contribution in [0.2, 0.25) is 0 Å². The third-order valence-corrected chi connectivity index (χ3v) is 5.54. The zero-order valence-electron chi connectivity index (χ0n) is 16.5. The van der Waals surface area contributed by atoms with Crippen LogP contribution in [0.4, 0.5) is 4.79 Å². The van der Waals surface area contributed by atoms with Crippen molar-refractivity contribution in [2.24, 2.45) is 0 Å². The molecule has 1 saturated heterocycles. The number of rotatable bonds is 3. The largest absolute Gasteiger partial charge is 0.491 e. The second kappa shape index (κ2) is 9.15. The summed E-state index contributed by atoms with van der Waals surface area (Å²) in [6.07, 6.45) is 1.59. The summed E-state index contributed by atoms with van der Waals surface area (Å²) >= 11 is 0. The summed E-state index contributed by atoms with van der Waals surface area (Å²) in [5.74, 6) is -0.0854. The number of fused-ring (bicyclic) bond motifs is 1. The van der Waals surface area contributed by atoms with E-state index in [4.69, 9.17) is 14.7 Å². The van der Waals surface area contributed by atoms with E-state index < -0.39 is 5.91 Å². The Labute approximate surface area is 174 Å². The van der Waals surface area contributed by atoms with E-state index >= 15 is 0 Å². The van der Waals surface area contributed by atoms with Gasteiger partial charge in [-0.1, -0.05) is 36.4 Å². The quantitative estimate of drug-likeness (QED) is 0.533. The molecule has 8 nitrogen and oxygen atoms in total. The Morgan fingerprint density at radius 2 is 1.83 bits per heavy atom. The number of carbonyl (C=O) groups is 2. The van der Waals surface area contributed by atoms with Crippen LogP contribution in [-0.2, 0) is 11.3 Å². The van der Waals surface area contributed by atoms with Crippen molar-refractivity contribution in [3.8, 4) is 5.75 Å². The van der Waals surface area contributed by atoms with Crippen LogP contribution in [-0.4, -0.2) is 47.9 Å². The number of hydrogen-bond donors (Lipinski definition) is 3. The first-order chi connectivity index (χ1) is 14.7. The molecule has 0 spiro atoms. The fourth-order valence-electron chi connectivity index (χ4n) is 3.84. The van der Waals surface area contributed by atoms with Crippen molar-refractivity contribution in [2.45, 2.75) is 31.5 Å². The Balaban J connectivity index is 1.62. The van der Waals surface area contributed by atoms with Gasteiger partial charge in [0, 0.05) is 30.4 Å². The number of nitrogens with zero attached hydrogens (tertiary/aromatic N) is 1. The summed E-state index contributed by atoms with van der Waals surface area (Å²) in [5.41, 5.74) is 3.69. The molecule has 0 radical (unpaired) electrons. The van der Waals surface area contributed by atoms with E-state index in [1.807, 2.05) is 30.3 Å². The minimum atomic E-state index is -0.612. The van der Waals surface area contributed by atoms with Crippen molar-refractivity contribution in [2.75, 3.05) is 19.8 Å². The maximum atomic E-state index is 13.3. The van der Waals surface area contributed by atoms with Crippen molar-refractivity contribution >= 4 is 11.9 Å². The molecule has 2 aromatic carbocycles. The smallest absolute Gasteiger partial charge is 0.318 e. The molecule has 4 rings (SSSR count). The highest BCUT2D eigenvalue weighted by Crippen LogP contribution is 2.32. The molecular formula is C22H25N3O5. The number of benzene rings is 2. The molecular weight excluding hydrogens is 386 g/mol. The van der Waals surface area contributed by atoms with Crippen LogP contribution < -0.4 is 15.5 Å². The van der Waals surface area contributed by atoms with Crippen LogP contribution in [0.25, 0.3) is 0 Å². The van der Waals surface area contributed by atoms with E-state index in [0.717, 1.165) is 24.0 Å². The molecule has 158 valence electrons. The monoisotopic (exact) mass is 411 g/mol. The van der Waals surface area contributed by atoms with E-state index in [1.54, 1.807) is 28.6 Å². The second-order valence-electron chi connectivity index (χ2n) is 7.46. The van der Waals surface area contributed by atoms with Gasteiger partial charge in [-0.25, -0.2) is 10.3 Å². The molecule has 1 atom stereocenters. The van der Waals surface area contributed by atoms with Crippen molar-refractivity contribution in [1.82, 2.24) is 15.7 Å². The highest BCUT2D eigenvalue weighted by Gasteiger charge is 2.31. The lowest BCUT2D eigenvalue weighted by Crippen LogP contribution is -2.48. The normalized spacial score (nSPS) is 19.2. The number of hydroxylamine groups is 1. The van der Waals surface area contributed by atoms with Gasteiger partial charge in [-0.15, -0.1) is 0 Å². The van der Waals surface area contributed by atoms with E-state index in [-0.39, 0.29) is 30.3 Å². The molecule has 0 bridgehead atoms. The zero-order valence-corrected chi connectivity index (χ0v) is 16.5. The van der Waals surface area contributed by atoms with E-state index in [2.05, 4.69) is 5.32 Å². The van der Waals surface area contributed by atoms with Gasteiger partial charge in [0.1, 0.15) is 12.4 Å². The van der Waals surface area contributed by atoms with Crippen LogP contribution in [0.15, 0.2) is 48.5 Å². The Morgan fingerprint density at radius 1 is 1.07 bits per heavy atom. The maximum absolute atomic E-state index is 13.3. The third-order valence-electron chi connectivity index (χ3n) is 5.54. The van der Waals surface area contributed by atoms with Gasteiger partial charge in [0.05, 0.1) is 12.6 Å². The SMILES string of the molecule is O=C(NO)c1ccc2c(c1)OCC(c1ccccc1)N(C(=O)NC1CCOCC1)C2. The van der Waals surface area contributed by atoms with Gasteiger partial charge in [0.25, 0.3) is 5.91 Å². The standard InChI is InChI=1S/C22H25N3O5/c26-21(24-28)16-6-7-17-13-25(22(27)23-18-8-10-29-11-9-18)19(14-30-20(17)12-16)15-4-2-1-3-5-15/h1-7,12,18-19,28H,8-11,13-14H2,(H,23,27)(H,24,26). The molecule has 2 aliphatic heterocycles. The average molecular weight is 411 g/mol. The molecule has 30 heavy (non-hydrogen) atoms. The molecule has 0 aromatic heterocycles. The van der Waals surface area contributed by atoms with Crippen molar-refractivity contribution in [3.05, 3.63) is 65.2 Å². The molecule has 8 heteroatoms. The third kappa shape index (κ3) is 4.39. The Hall–Kier alpha value is -3.10. The molecule has 2 heterocycles. The number of hydrogen-bond acceptors (Lipinski definition) is 5. The summed E-state index contributed by atoms with van der Waals surface area (Å²) < 4.78 is 11.4. The van der Waals surface area contributed by atoms with Crippen LogP contribution >= 0.6 is 0 Å². The second-order valence-corrected chi connectivity index (χ2v) is 7.46. The summed E-state index contributed by atoms with van der Waals surface area (Å²) in [5, 5.41) is 12.0. The highest BCUT2D eigenvalue weighted by molar-refractivity contribution is 5.93. The van der Waals surface area contributed by atoms with Crippen LogP contribution in [0, 0.1) is 0 Å². The lowest BCUT2D eigenvalue weighted by atomic mass is 10.1. The molecule has 0 saturated carbocycles. The number of ether oxygens (including phenoxy) is 2. The minimum Gasteiger partial charge on any atom is -0.491 e. The van der Waals surface area contributed by atoms with E-state index in [0.29, 0.717) is 25.5 Å². The first-order valence-electron chi connectivity index (χ1n) is 10.1. The summed E-state index contributed by atoms with van der Waals surface area (Å²) in [6.45, 7) is 1.89. The summed E-state index contributed by atoms with van der Waals surface area (Å²) in [6, 6.07) is 14.3. The number of urea groups is 1. The molecule has 3 N–H and O–H groups in total. The van der Waals surface area contributed by atoms with Gasteiger partial charge in [-0.2, -0.15) is 0 Å². The van der Waals surface area contributed by atoms with Crippen LogP contribution in [0.3, 0.4) is 0 Å². The zero-order chi connectivity index (χ0) is 20.9. The van der Waals surface area contributed by atoms with Gasteiger partial charge in [-0.3, -0.25) is 10.0 Å². The van der Waals surface area contributed by atoms with Crippen LogP contribution in [0.1, 0.15) is 40.4 Å². The lowest BCUT2D eigenvalue weighted by molar-refractivity contribution is 0.0706. The van der Waals surface area contributed by atoms with Gasteiger partial charge in [0.2, 0.25) is 0 Å². The molecule has 1 unspecified atom stereocenters.